The second-order valence-corrected chi connectivity index (χ2v) is 9.74. The van der Waals surface area contributed by atoms with Gasteiger partial charge in [-0.15, -0.1) is 11.3 Å². The van der Waals surface area contributed by atoms with Crippen LogP contribution in [0.3, 0.4) is 0 Å². The number of pyridine rings is 1. The van der Waals surface area contributed by atoms with Gasteiger partial charge in [-0.05, 0) is 65.9 Å². The number of anilines is 1. The molecular formula is C30H27N3O2S. The van der Waals surface area contributed by atoms with Gasteiger partial charge in [0.2, 0.25) is 0 Å². The van der Waals surface area contributed by atoms with Gasteiger partial charge >= 0.3 is 0 Å². The largest absolute Gasteiger partial charge is 0.367 e. The zero-order chi connectivity index (χ0) is 24.7. The van der Waals surface area contributed by atoms with Gasteiger partial charge in [0.05, 0.1) is 10.4 Å². The molecular weight excluding hydrogens is 466 g/mol. The Morgan fingerprint density at radius 1 is 0.917 bits per heavy atom. The van der Waals surface area contributed by atoms with Crippen LogP contribution >= 0.6 is 11.3 Å². The quantitative estimate of drug-likeness (QED) is 0.177. The van der Waals surface area contributed by atoms with Crippen LogP contribution in [0, 0.1) is 0 Å². The molecule has 2 aromatic heterocycles. The number of fused-ring (bicyclic) bond motifs is 1. The lowest BCUT2D eigenvalue weighted by Gasteiger charge is -2.26. The molecule has 0 unspecified atom stereocenters. The van der Waals surface area contributed by atoms with Crippen molar-refractivity contribution in [3.8, 4) is 10.4 Å². The highest BCUT2D eigenvalue weighted by molar-refractivity contribution is 7.17. The number of para-hydroxylation sites is 1. The zero-order valence-electron chi connectivity index (χ0n) is 19.8. The summed E-state index contributed by atoms with van der Waals surface area (Å²) in [6.07, 6.45) is 3.92. The molecule has 0 bridgehead atoms. The Morgan fingerprint density at radius 2 is 1.75 bits per heavy atom. The Hall–Kier alpha value is -4.00. The molecule has 1 amide bonds. The summed E-state index contributed by atoms with van der Waals surface area (Å²) in [5.74, 6) is -0.491. The molecule has 180 valence electrons. The maximum atomic E-state index is 11.8. The molecule has 0 saturated carbocycles. The highest BCUT2D eigenvalue weighted by Gasteiger charge is 2.14. The molecule has 36 heavy (non-hydrogen) atoms. The molecule has 3 aromatic carbocycles. The molecule has 0 atom stereocenters. The second kappa shape index (κ2) is 11.2. The van der Waals surface area contributed by atoms with Crippen molar-refractivity contribution in [2.45, 2.75) is 19.4 Å². The van der Waals surface area contributed by atoms with Crippen LogP contribution in [0.1, 0.15) is 27.2 Å². The number of aromatic nitrogens is 1. The Labute approximate surface area is 214 Å². The number of amides is 1. The minimum atomic E-state index is -0.491. The maximum Gasteiger partial charge on any atom is 0.284 e. The highest BCUT2D eigenvalue weighted by atomic mass is 32.1. The Morgan fingerprint density at radius 3 is 2.61 bits per heavy atom. The molecule has 5 rings (SSSR count). The molecule has 6 heteroatoms. The number of thiophene rings is 1. The zero-order valence-corrected chi connectivity index (χ0v) is 20.6. The normalized spacial score (nSPS) is 10.9. The van der Waals surface area contributed by atoms with E-state index in [9.17, 15) is 4.79 Å². The number of rotatable bonds is 9. The predicted octanol–water partition coefficient (Wildman–Crippen LogP) is 6.72. The summed E-state index contributed by atoms with van der Waals surface area (Å²) in [6.45, 7) is 1.67. The third-order valence-corrected chi connectivity index (χ3v) is 7.40. The maximum absolute atomic E-state index is 11.8. The summed E-state index contributed by atoms with van der Waals surface area (Å²) in [6, 6.07) is 33.1. The van der Waals surface area contributed by atoms with E-state index in [0.717, 1.165) is 47.6 Å². The van der Waals surface area contributed by atoms with E-state index in [2.05, 4.69) is 88.7 Å². The first-order chi connectivity index (χ1) is 17.7. The predicted molar refractivity (Wildman–Crippen MR) is 147 cm³/mol. The lowest BCUT2D eigenvalue weighted by atomic mass is 10.1. The third kappa shape index (κ3) is 5.46. The van der Waals surface area contributed by atoms with E-state index in [1.165, 1.54) is 27.8 Å². The average molecular weight is 494 g/mol. The van der Waals surface area contributed by atoms with Crippen LogP contribution < -0.4 is 10.4 Å². The van der Waals surface area contributed by atoms with Gasteiger partial charge in [0.15, 0.2) is 0 Å². The molecule has 5 nitrogen and oxygen atoms in total. The van der Waals surface area contributed by atoms with Gasteiger partial charge in [-0.25, -0.2) is 5.48 Å². The molecule has 2 N–H and O–H groups in total. The highest BCUT2D eigenvalue weighted by Crippen LogP contribution is 2.32. The van der Waals surface area contributed by atoms with E-state index in [1.54, 1.807) is 11.5 Å². The number of hydrogen-bond donors (Lipinski definition) is 2. The van der Waals surface area contributed by atoms with Crippen molar-refractivity contribution in [2.75, 3.05) is 11.4 Å². The average Bonchev–Trinajstić information content (AvgIpc) is 3.43. The fourth-order valence-electron chi connectivity index (χ4n) is 4.44. The van der Waals surface area contributed by atoms with Crippen molar-refractivity contribution >= 4 is 33.8 Å². The molecule has 0 saturated heterocycles. The van der Waals surface area contributed by atoms with Crippen molar-refractivity contribution < 1.29 is 10.0 Å². The van der Waals surface area contributed by atoms with Crippen molar-refractivity contribution in [1.29, 1.82) is 0 Å². The topological polar surface area (TPSA) is 65.5 Å². The number of nitrogens with one attached hydrogen (secondary N) is 1. The summed E-state index contributed by atoms with van der Waals surface area (Å²) < 4.78 is 0. The van der Waals surface area contributed by atoms with E-state index < -0.39 is 5.91 Å². The van der Waals surface area contributed by atoms with Crippen molar-refractivity contribution in [2.24, 2.45) is 0 Å². The first-order valence-electron chi connectivity index (χ1n) is 12.0. The van der Waals surface area contributed by atoms with Gasteiger partial charge in [-0.1, -0.05) is 60.7 Å². The molecule has 0 radical (unpaired) electrons. The van der Waals surface area contributed by atoms with Crippen LogP contribution in [0.2, 0.25) is 0 Å². The number of carbonyl (C=O) groups is 1. The smallest absolute Gasteiger partial charge is 0.284 e. The van der Waals surface area contributed by atoms with E-state index in [1.807, 2.05) is 18.3 Å². The van der Waals surface area contributed by atoms with Gasteiger partial charge in [-0.3, -0.25) is 15.0 Å². The van der Waals surface area contributed by atoms with E-state index >= 15 is 0 Å². The van der Waals surface area contributed by atoms with E-state index in [0.29, 0.717) is 4.88 Å². The Kier molecular flexibility index (Phi) is 7.36. The molecule has 5 aromatic rings. The number of hydrogen-bond acceptors (Lipinski definition) is 5. The third-order valence-electron chi connectivity index (χ3n) is 6.26. The number of carbonyl (C=O) groups excluding carboxylic acids is 1. The Bertz CT molecular complexity index is 1460. The van der Waals surface area contributed by atoms with Crippen LogP contribution in [0.15, 0.2) is 103 Å². The molecule has 0 spiro atoms. The fraction of sp³-hybridized carbons (Fsp3) is 0.133. The van der Waals surface area contributed by atoms with Gasteiger partial charge < -0.3 is 4.90 Å². The van der Waals surface area contributed by atoms with Gasteiger partial charge in [-0.2, -0.15) is 0 Å². The first-order valence-corrected chi connectivity index (χ1v) is 12.8. The molecule has 0 aliphatic carbocycles. The van der Waals surface area contributed by atoms with Gasteiger partial charge in [0.1, 0.15) is 0 Å². The van der Waals surface area contributed by atoms with Gasteiger partial charge in [0.25, 0.3) is 5.91 Å². The second-order valence-electron chi connectivity index (χ2n) is 8.65. The minimum Gasteiger partial charge on any atom is -0.367 e. The summed E-state index contributed by atoms with van der Waals surface area (Å²) in [5, 5.41) is 10.1. The SMILES string of the molecule is O=C(NO)c1ccc(-c2cccc(N(CCCc3ccccc3)Cc3ccnc4ccccc34)c2)s1. The molecule has 0 fully saturated rings. The van der Waals surface area contributed by atoms with Crippen LogP contribution in [0.25, 0.3) is 21.3 Å². The molecule has 0 aliphatic rings. The number of aryl methyl sites for hydroxylation is 1. The summed E-state index contributed by atoms with van der Waals surface area (Å²) in [7, 11) is 0. The standard InChI is InChI=1S/C30H27N3O2S/c34-30(32-35)29-16-15-28(36-29)23-11-6-12-25(20-23)33(19-7-10-22-8-2-1-3-9-22)21-24-17-18-31-27-14-5-4-13-26(24)27/h1-6,8-9,11-18,20,35H,7,10,19,21H2,(H,32,34). The van der Waals surface area contributed by atoms with Gasteiger partial charge in [0, 0.05) is 35.2 Å². The number of nitrogens with zero attached hydrogens (tertiary/aromatic N) is 2. The lowest BCUT2D eigenvalue weighted by molar-refractivity contribution is 0.0711. The Balaban J connectivity index is 1.44. The van der Waals surface area contributed by atoms with Crippen LogP contribution in [-0.2, 0) is 13.0 Å². The summed E-state index contributed by atoms with van der Waals surface area (Å²) in [4.78, 5) is 20.2. The molecule has 0 aliphatic heterocycles. The minimum absolute atomic E-state index is 0.473. The monoisotopic (exact) mass is 493 g/mol. The number of hydroxylamine groups is 1. The summed E-state index contributed by atoms with van der Waals surface area (Å²) >= 11 is 1.36. The van der Waals surface area contributed by atoms with Crippen molar-refractivity contribution in [3.63, 3.8) is 0 Å². The van der Waals surface area contributed by atoms with E-state index in [-0.39, 0.29) is 0 Å². The lowest BCUT2D eigenvalue weighted by Crippen LogP contribution is -2.24. The number of benzene rings is 3. The first kappa shape index (κ1) is 23.7. The van der Waals surface area contributed by atoms with Crippen molar-refractivity contribution in [1.82, 2.24) is 10.5 Å². The van der Waals surface area contributed by atoms with Crippen LogP contribution in [-0.4, -0.2) is 22.6 Å². The van der Waals surface area contributed by atoms with E-state index in [4.69, 9.17) is 5.21 Å². The fourth-order valence-corrected chi connectivity index (χ4v) is 5.34. The van der Waals surface area contributed by atoms with Crippen LogP contribution in [0.4, 0.5) is 5.69 Å². The van der Waals surface area contributed by atoms with Crippen molar-refractivity contribution in [3.05, 3.63) is 119 Å². The molecule has 2 heterocycles. The van der Waals surface area contributed by atoms with Crippen LogP contribution in [0.5, 0.6) is 0 Å². The summed E-state index contributed by atoms with van der Waals surface area (Å²) in [5.41, 5.74) is 7.47.